The number of hydrogen-bond donors (Lipinski definition) is 1. The minimum absolute atomic E-state index is 0.254. The number of benzene rings is 2. The second kappa shape index (κ2) is 8.28. The van der Waals surface area contributed by atoms with Crippen molar-refractivity contribution in [1.82, 2.24) is 9.55 Å². The first kappa shape index (κ1) is 20.7. The Morgan fingerprint density at radius 2 is 2.00 bits per heavy atom. The topological polar surface area (TPSA) is 59.3 Å². The van der Waals surface area contributed by atoms with Crippen molar-refractivity contribution in [1.29, 1.82) is 0 Å². The van der Waals surface area contributed by atoms with Crippen LogP contribution in [-0.4, -0.2) is 20.6 Å². The van der Waals surface area contributed by atoms with E-state index < -0.39 is 0 Å². The molecule has 3 aromatic rings. The molecule has 0 radical (unpaired) electrons. The van der Waals surface area contributed by atoms with E-state index in [1.54, 1.807) is 6.07 Å². The predicted molar refractivity (Wildman–Crippen MR) is 127 cm³/mol. The lowest BCUT2D eigenvalue weighted by atomic mass is 9.92. The molecule has 0 atom stereocenters. The van der Waals surface area contributed by atoms with Gasteiger partial charge in [-0.1, -0.05) is 50.6 Å². The lowest BCUT2D eigenvalue weighted by Crippen LogP contribution is -2.09. The molecule has 4 rings (SSSR count). The molecule has 0 unspecified atom stereocenters. The van der Waals surface area contributed by atoms with Gasteiger partial charge in [-0.15, -0.1) is 0 Å². The van der Waals surface area contributed by atoms with Crippen LogP contribution in [0.3, 0.4) is 0 Å². The normalized spacial score (nSPS) is 15.8. The fraction of sp³-hybridized carbons (Fsp3) is 0.261. The monoisotopic (exact) mass is 438 g/mol. The molecule has 0 saturated heterocycles. The van der Waals surface area contributed by atoms with E-state index in [4.69, 9.17) is 11.6 Å². The summed E-state index contributed by atoms with van der Waals surface area (Å²) in [6.45, 7) is 7.61. The van der Waals surface area contributed by atoms with Gasteiger partial charge in [-0.05, 0) is 59.5 Å². The number of carbonyl (C=O) groups excluding carboxylic acids is 1. The third-order valence-corrected chi connectivity index (χ3v) is 6.01. The number of aryl methyl sites for hydroxylation is 1. The molecule has 1 aliphatic rings. The Labute approximate surface area is 185 Å². The van der Waals surface area contributed by atoms with Crippen LogP contribution in [0.2, 0.25) is 5.02 Å². The zero-order chi connectivity index (χ0) is 21.3. The molecule has 1 amide bonds. The lowest BCUT2D eigenvalue weighted by molar-refractivity contribution is -0.113. The van der Waals surface area contributed by atoms with Crippen LogP contribution in [0.5, 0.6) is 0 Å². The molecule has 2 aromatic carbocycles. The number of rotatable bonds is 4. The summed E-state index contributed by atoms with van der Waals surface area (Å²) in [5.41, 5.74) is 3.95. The number of fused-ring (bicyclic) bond motifs is 1. The summed E-state index contributed by atoms with van der Waals surface area (Å²) in [5, 5.41) is 4.23. The highest BCUT2D eigenvalue weighted by Gasteiger charge is 2.22. The van der Waals surface area contributed by atoms with E-state index in [0.29, 0.717) is 15.1 Å². The average Bonchev–Trinajstić information content (AvgIpc) is 3.24. The number of amidine groups is 1. The Morgan fingerprint density at radius 3 is 2.77 bits per heavy atom. The van der Waals surface area contributed by atoms with Crippen molar-refractivity contribution in [3.8, 4) is 0 Å². The van der Waals surface area contributed by atoms with E-state index in [1.807, 2.05) is 42.7 Å². The first-order valence-electron chi connectivity index (χ1n) is 9.77. The highest BCUT2D eigenvalue weighted by molar-refractivity contribution is 8.18. The number of aromatic nitrogens is 2. The Bertz CT molecular complexity index is 1170. The molecule has 1 aromatic heterocycles. The van der Waals surface area contributed by atoms with E-state index >= 15 is 0 Å². The van der Waals surface area contributed by atoms with Gasteiger partial charge in [-0.25, -0.2) is 4.98 Å². The molecule has 0 bridgehead atoms. The van der Waals surface area contributed by atoms with Gasteiger partial charge in [0.15, 0.2) is 5.17 Å². The minimum Gasteiger partial charge on any atom is -0.333 e. The number of halogens is 1. The highest BCUT2D eigenvalue weighted by Crippen LogP contribution is 2.31. The standard InChI is InChI=1S/C23H23ClN4OS/c1-23(2,3)10-11-28-14-25-18-9-8-15(12-19(18)28)13-20-21(29)27-22(30-20)26-17-7-5-4-6-16(17)24/h4-9,12-14H,10-11H2,1-3H3,(H,26,27,29). The summed E-state index contributed by atoms with van der Waals surface area (Å²) in [6, 6.07) is 13.4. The molecule has 2 heterocycles. The maximum atomic E-state index is 12.4. The van der Waals surface area contributed by atoms with Crippen LogP contribution in [-0.2, 0) is 11.3 Å². The number of hydrogen-bond acceptors (Lipinski definition) is 4. The highest BCUT2D eigenvalue weighted by atomic mass is 35.5. The van der Waals surface area contributed by atoms with Crippen LogP contribution in [0, 0.1) is 5.41 Å². The van der Waals surface area contributed by atoms with Crippen molar-refractivity contribution in [2.24, 2.45) is 10.4 Å². The van der Waals surface area contributed by atoms with E-state index in [9.17, 15) is 4.79 Å². The molecule has 0 fully saturated rings. The van der Waals surface area contributed by atoms with Crippen molar-refractivity contribution in [3.63, 3.8) is 0 Å². The Morgan fingerprint density at radius 1 is 1.20 bits per heavy atom. The molecule has 0 saturated carbocycles. The van der Waals surface area contributed by atoms with Gasteiger partial charge in [-0.2, -0.15) is 4.99 Å². The lowest BCUT2D eigenvalue weighted by Gasteiger charge is -2.18. The smallest absolute Gasteiger partial charge is 0.286 e. The van der Waals surface area contributed by atoms with E-state index in [2.05, 4.69) is 46.7 Å². The fourth-order valence-electron chi connectivity index (χ4n) is 3.09. The first-order chi connectivity index (χ1) is 14.3. The summed E-state index contributed by atoms with van der Waals surface area (Å²) in [5.74, 6) is -0.254. The van der Waals surface area contributed by atoms with Gasteiger partial charge in [0.05, 0.1) is 33.0 Å². The maximum absolute atomic E-state index is 12.4. The van der Waals surface area contributed by atoms with Crippen molar-refractivity contribution in [2.45, 2.75) is 33.7 Å². The van der Waals surface area contributed by atoms with Gasteiger partial charge in [-0.3, -0.25) is 4.79 Å². The predicted octanol–water partition coefficient (Wildman–Crippen LogP) is 6.21. The van der Waals surface area contributed by atoms with Crippen LogP contribution in [0.25, 0.3) is 17.1 Å². The molecule has 7 heteroatoms. The number of thioether (sulfide) groups is 1. The molecular formula is C23H23ClN4OS. The third-order valence-electron chi connectivity index (χ3n) is 4.78. The van der Waals surface area contributed by atoms with E-state index in [0.717, 1.165) is 35.2 Å². The van der Waals surface area contributed by atoms with Gasteiger partial charge >= 0.3 is 0 Å². The quantitative estimate of drug-likeness (QED) is 0.492. The van der Waals surface area contributed by atoms with Crippen LogP contribution in [0.4, 0.5) is 5.69 Å². The molecule has 1 aliphatic heterocycles. The van der Waals surface area contributed by atoms with Gasteiger partial charge in [0.25, 0.3) is 5.91 Å². The van der Waals surface area contributed by atoms with E-state index in [-0.39, 0.29) is 11.3 Å². The fourth-order valence-corrected chi connectivity index (χ4v) is 4.10. The molecule has 0 spiro atoms. The zero-order valence-corrected chi connectivity index (χ0v) is 18.7. The number of nitrogens with one attached hydrogen (secondary N) is 1. The van der Waals surface area contributed by atoms with E-state index in [1.165, 1.54) is 11.8 Å². The Hall–Kier alpha value is -2.57. The van der Waals surface area contributed by atoms with Crippen LogP contribution >= 0.6 is 23.4 Å². The average molecular weight is 439 g/mol. The minimum atomic E-state index is -0.254. The Balaban J connectivity index is 1.53. The second-order valence-electron chi connectivity index (χ2n) is 8.43. The van der Waals surface area contributed by atoms with Crippen LogP contribution in [0.15, 0.2) is 58.7 Å². The third kappa shape index (κ3) is 4.77. The summed E-state index contributed by atoms with van der Waals surface area (Å²) in [6.07, 6.45) is 4.82. The first-order valence-corrected chi connectivity index (χ1v) is 11.0. The van der Waals surface area contributed by atoms with Gasteiger partial charge < -0.3 is 9.88 Å². The second-order valence-corrected chi connectivity index (χ2v) is 9.87. The van der Waals surface area contributed by atoms with Crippen molar-refractivity contribution < 1.29 is 4.79 Å². The molecule has 5 nitrogen and oxygen atoms in total. The molecule has 154 valence electrons. The molecule has 0 aliphatic carbocycles. The maximum Gasteiger partial charge on any atom is 0.286 e. The van der Waals surface area contributed by atoms with Crippen LogP contribution in [0.1, 0.15) is 32.8 Å². The van der Waals surface area contributed by atoms with Crippen molar-refractivity contribution in [3.05, 3.63) is 64.3 Å². The molecule has 30 heavy (non-hydrogen) atoms. The number of amides is 1. The zero-order valence-electron chi connectivity index (χ0n) is 17.1. The number of anilines is 1. The number of nitrogens with zero attached hydrogens (tertiary/aromatic N) is 3. The number of para-hydroxylation sites is 1. The number of imidazole rings is 1. The van der Waals surface area contributed by atoms with Crippen LogP contribution < -0.4 is 5.32 Å². The number of aliphatic imine (C=N–C) groups is 1. The molecule has 1 N–H and O–H groups in total. The van der Waals surface area contributed by atoms with Gasteiger partial charge in [0.1, 0.15) is 0 Å². The Kier molecular flexibility index (Phi) is 5.71. The van der Waals surface area contributed by atoms with Gasteiger partial charge in [0, 0.05) is 6.54 Å². The summed E-state index contributed by atoms with van der Waals surface area (Å²) in [4.78, 5) is 21.6. The SMILES string of the molecule is CC(C)(C)CCn1cnc2ccc(C=C3SC(Nc4ccccc4Cl)=NC3=O)cc21. The summed E-state index contributed by atoms with van der Waals surface area (Å²) in [7, 11) is 0. The van der Waals surface area contributed by atoms with Gasteiger partial charge in [0.2, 0.25) is 0 Å². The largest absolute Gasteiger partial charge is 0.333 e. The number of carbonyl (C=O) groups is 1. The van der Waals surface area contributed by atoms with Crippen molar-refractivity contribution >= 4 is 57.2 Å². The molecular weight excluding hydrogens is 416 g/mol. The van der Waals surface area contributed by atoms with Crippen molar-refractivity contribution in [2.75, 3.05) is 5.32 Å². The summed E-state index contributed by atoms with van der Waals surface area (Å²) >= 11 is 7.50. The summed E-state index contributed by atoms with van der Waals surface area (Å²) < 4.78 is 2.17.